The largest absolute Gasteiger partial charge is 0.418 e. The molecule has 2 heterocycles. The van der Waals surface area contributed by atoms with E-state index in [1.165, 1.54) is 18.5 Å². The molecule has 0 saturated heterocycles. The number of halogens is 3. The Bertz CT molecular complexity index is 907. The van der Waals surface area contributed by atoms with Gasteiger partial charge in [0.15, 0.2) is 5.54 Å². The van der Waals surface area contributed by atoms with Crippen LogP contribution in [0.25, 0.3) is 0 Å². The van der Waals surface area contributed by atoms with E-state index in [4.69, 9.17) is 15.2 Å². The minimum atomic E-state index is -3.09. The van der Waals surface area contributed by atoms with Gasteiger partial charge >= 0.3 is 6.09 Å². The summed E-state index contributed by atoms with van der Waals surface area (Å²) < 4.78 is 51.9. The first kappa shape index (κ1) is 19.5. The molecule has 1 amide bonds. The predicted molar refractivity (Wildman–Crippen MR) is 92.9 cm³/mol. The smallest absolute Gasteiger partial charge is 0.389 e. The quantitative estimate of drug-likeness (QED) is 0.822. The van der Waals surface area contributed by atoms with Crippen LogP contribution in [-0.2, 0) is 10.3 Å². The minimum absolute atomic E-state index is 0.0147. The van der Waals surface area contributed by atoms with Gasteiger partial charge in [0.2, 0.25) is 5.88 Å². The third-order valence-corrected chi connectivity index (χ3v) is 3.91. The fourth-order valence-electron chi connectivity index (χ4n) is 2.61. The number of carbonyl (C=O) groups is 1. The van der Waals surface area contributed by atoms with Crippen LogP contribution in [0.1, 0.15) is 11.3 Å². The molecule has 0 aliphatic carbocycles. The fourth-order valence-corrected chi connectivity index (χ4v) is 2.61. The summed E-state index contributed by atoms with van der Waals surface area (Å²) >= 11 is 0. The lowest BCUT2D eigenvalue weighted by molar-refractivity contribution is -0.0145. The van der Waals surface area contributed by atoms with E-state index in [1.807, 2.05) is 0 Å². The monoisotopic (exact) mass is 395 g/mol. The van der Waals surface area contributed by atoms with Crippen LogP contribution in [0.15, 0.2) is 35.6 Å². The molecule has 11 heteroatoms. The summed E-state index contributed by atoms with van der Waals surface area (Å²) in [5.41, 5.74) is 3.39. The molecule has 8 nitrogen and oxygen atoms in total. The number of nitrogens with one attached hydrogen (secondary N) is 1. The van der Waals surface area contributed by atoms with Gasteiger partial charge in [0.1, 0.15) is 18.3 Å². The van der Waals surface area contributed by atoms with Crippen LogP contribution in [-0.4, -0.2) is 41.5 Å². The van der Waals surface area contributed by atoms with Crippen molar-refractivity contribution in [2.24, 2.45) is 10.7 Å². The molecule has 1 atom stereocenters. The number of benzene rings is 1. The maximum absolute atomic E-state index is 14.3. The van der Waals surface area contributed by atoms with Gasteiger partial charge in [0.05, 0.1) is 24.7 Å². The Morgan fingerprint density at radius 3 is 2.79 bits per heavy atom. The molecule has 148 valence electrons. The van der Waals surface area contributed by atoms with Crippen LogP contribution in [0.4, 0.5) is 23.7 Å². The second-order valence-corrected chi connectivity index (χ2v) is 6.03. The molecule has 1 aliphatic rings. The molecule has 0 bridgehead atoms. The van der Waals surface area contributed by atoms with Gasteiger partial charge in [-0.25, -0.2) is 22.9 Å². The number of aryl methyl sites for hydroxylation is 1. The molecule has 28 heavy (non-hydrogen) atoms. The number of amides is 1. The van der Waals surface area contributed by atoms with Gasteiger partial charge in [0.25, 0.3) is 6.43 Å². The van der Waals surface area contributed by atoms with Crippen molar-refractivity contribution in [3.63, 3.8) is 0 Å². The molecule has 0 spiro atoms. The van der Waals surface area contributed by atoms with Crippen LogP contribution >= 0.6 is 0 Å². The zero-order valence-corrected chi connectivity index (χ0v) is 14.7. The summed E-state index contributed by atoms with van der Waals surface area (Å²) in [5.74, 6) is -1.18. The number of nitrogens with two attached hydrogens (primary N) is 1. The summed E-state index contributed by atoms with van der Waals surface area (Å²) in [4.78, 5) is 23.5. The van der Waals surface area contributed by atoms with Crippen LogP contribution < -0.4 is 15.8 Å². The zero-order valence-electron chi connectivity index (χ0n) is 14.7. The Hall–Kier alpha value is -3.21. The lowest BCUT2D eigenvalue weighted by atomic mass is 9.90. The third kappa shape index (κ3) is 4.03. The normalized spacial score (nSPS) is 19.2. The number of anilines is 1. The maximum atomic E-state index is 14.3. The van der Waals surface area contributed by atoms with Gasteiger partial charge < -0.3 is 15.2 Å². The first-order chi connectivity index (χ1) is 13.3. The number of amidine groups is 1. The number of carbonyl (C=O) groups excluding carboxylic acids is 1. The highest BCUT2D eigenvalue weighted by molar-refractivity contribution is 5.86. The molecule has 2 aromatic rings. The van der Waals surface area contributed by atoms with Gasteiger partial charge in [-0.3, -0.25) is 15.3 Å². The van der Waals surface area contributed by atoms with Crippen molar-refractivity contribution in [3.05, 3.63) is 47.7 Å². The number of aromatic nitrogens is 2. The molecule has 0 saturated carbocycles. The number of rotatable bonds is 4. The highest BCUT2D eigenvalue weighted by Crippen LogP contribution is 2.37. The Morgan fingerprint density at radius 1 is 1.36 bits per heavy atom. The highest BCUT2D eigenvalue weighted by atomic mass is 19.3. The molecule has 3 rings (SSSR count). The van der Waals surface area contributed by atoms with Gasteiger partial charge in [-0.2, -0.15) is 0 Å². The maximum Gasteiger partial charge on any atom is 0.418 e. The van der Waals surface area contributed by atoms with Crippen molar-refractivity contribution in [1.82, 2.24) is 9.97 Å². The first-order valence-electron chi connectivity index (χ1n) is 8.08. The Kier molecular flexibility index (Phi) is 5.45. The lowest BCUT2D eigenvalue weighted by Gasteiger charge is -2.33. The molecule has 1 aromatic heterocycles. The average Bonchev–Trinajstić information content (AvgIpc) is 2.65. The Morgan fingerprint density at radius 2 is 2.14 bits per heavy atom. The van der Waals surface area contributed by atoms with Crippen LogP contribution in [0.2, 0.25) is 0 Å². The Labute approximate surface area is 157 Å². The highest BCUT2D eigenvalue weighted by Gasteiger charge is 2.46. The number of aliphatic imine (C=N–C) groups is 1. The van der Waals surface area contributed by atoms with Crippen LogP contribution in [0.5, 0.6) is 5.88 Å². The van der Waals surface area contributed by atoms with Crippen molar-refractivity contribution in [3.8, 4) is 5.88 Å². The third-order valence-electron chi connectivity index (χ3n) is 3.91. The zero-order chi connectivity index (χ0) is 20.3. The minimum Gasteiger partial charge on any atom is -0.389 e. The molecule has 0 radical (unpaired) electrons. The van der Waals surface area contributed by atoms with Crippen LogP contribution in [0.3, 0.4) is 0 Å². The van der Waals surface area contributed by atoms with E-state index in [-0.39, 0.29) is 24.0 Å². The molecule has 0 unspecified atom stereocenters. The molecule has 3 N–H and O–H groups in total. The number of nitrogens with zero attached hydrogens (tertiary/aromatic N) is 3. The Balaban J connectivity index is 1.85. The van der Waals surface area contributed by atoms with Gasteiger partial charge in [-0.15, -0.1) is 0 Å². The number of alkyl halides is 2. The van der Waals surface area contributed by atoms with E-state index in [0.717, 1.165) is 12.1 Å². The summed E-state index contributed by atoms with van der Waals surface area (Å²) in [7, 11) is 0. The molecule has 1 aromatic carbocycles. The standard InChI is InChI=1S/C17H16F3N5O3/c1-9-5-23-14(6-22-9)28-16(26)24-10-2-3-12(18)11(4-10)17(15(19)20)8-27-7-13(21)25-17/h2-6,15H,7-8H2,1H3,(H2,21,25)(H,24,26)/t17-/m0/s1. The molecular weight excluding hydrogens is 379 g/mol. The first-order valence-corrected chi connectivity index (χ1v) is 8.08. The SMILES string of the molecule is Cc1cnc(OC(=O)Nc2ccc(F)c([C@]3(C(F)F)COCC(N)=N3)c2)cn1. The second kappa shape index (κ2) is 7.80. The van der Waals surface area contributed by atoms with Gasteiger partial charge in [0, 0.05) is 11.3 Å². The molecule has 0 fully saturated rings. The summed E-state index contributed by atoms with van der Waals surface area (Å²) in [6.45, 7) is 1.02. The van der Waals surface area contributed by atoms with Gasteiger partial charge in [-0.05, 0) is 25.1 Å². The van der Waals surface area contributed by atoms with E-state index < -0.39 is 36.0 Å². The van der Waals surface area contributed by atoms with Crippen molar-refractivity contribution >= 4 is 17.6 Å². The van der Waals surface area contributed by atoms with Crippen LogP contribution in [0, 0.1) is 12.7 Å². The average molecular weight is 395 g/mol. The van der Waals surface area contributed by atoms with Crippen molar-refractivity contribution in [1.29, 1.82) is 0 Å². The summed E-state index contributed by atoms with van der Waals surface area (Å²) in [6.07, 6.45) is -1.40. The van der Waals surface area contributed by atoms with Crippen molar-refractivity contribution < 1.29 is 27.4 Å². The summed E-state index contributed by atoms with van der Waals surface area (Å²) in [6, 6.07) is 3.16. The van der Waals surface area contributed by atoms with E-state index in [1.54, 1.807) is 6.92 Å². The number of hydrogen-bond acceptors (Lipinski definition) is 7. The van der Waals surface area contributed by atoms with E-state index in [9.17, 15) is 18.0 Å². The second-order valence-electron chi connectivity index (χ2n) is 6.03. The van der Waals surface area contributed by atoms with Gasteiger partial charge in [-0.1, -0.05) is 0 Å². The van der Waals surface area contributed by atoms with E-state index in [0.29, 0.717) is 5.69 Å². The number of ether oxygens (including phenoxy) is 2. The van der Waals surface area contributed by atoms with Crippen molar-refractivity contribution in [2.45, 2.75) is 18.9 Å². The lowest BCUT2D eigenvalue weighted by Crippen LogP contribution is -2.45. The predicted octanol–water partition coefficient (Wildman–Crippen LogP) is 2.38. The van der Waals surface area contributed by atoms with Crippen molar-refractivity contribution in [2.75, 3.05) is 18.5 Å². The number of hydrogen-bond donors (Lipinski definition) is 2. The summed E-state index contributed by atoms with van der Waals surface area (Å²) in [5, 5.41) is 2.32. The topological polar surface area (TPSA) is 112 Å². The molecule has 1 aliphatic heterocycles. The molecular formula is C17H16F3N5O3. The van der Waals surface area contributed by atoms with E-state index >= 15 is 0 Å². The fraction of sp³-hybridized carbons (Fsp3) is 0.294. The van der Waals surface area contributed by atoms with E-state index in [2.05, 4.69) is 20.3 Å².